The fraction of sp³-hybridized carbons (Fsp3) is 0.375. The highest BCUT2D eigenvalue weighted by Crippen LogP contribution is 2.35. The predicted molar refractivity (Wildman–Crippen MR) is 121 cm³/mol. The van der Waals surface area contributed by atoms with Gasteiger partial charge in [0, 0.05) is 26.2 Å². The molecule has 2 aromatic carbocycles. The minimum absolute atomic E-state index is 0.165. The molecule has 0 radical (unpaired) electrons. The molecule has 0 bridgehead atoms. The van der Waals surface area contributed by atoms with Crippen molar-refractivity contribution in [3.05, 3.63) is 54.6 Å². The van der Waals surface area contributed by atoms with Gasteiger partial charge in [-0.25, -0.2) is 8.42 Å². The summed E-state index contributed by atoms with van der Waals surface area (Å²) >= 11 is 0. The molecule has 0 unspecified atom stereocenters. The van der Waals surface area contributed by atoms with Gasteiger partial charge in [0.25, 0.3) is 0 Å². The van der Waals surface area contributed by atoms with Crippen LogP contribution in [-0.4, -0.2) is 73.0 Å². The number of amides is 3. The molecule has 2 heterocycles. The van der Waals surface area contributed by atoms with Crippen LogP contribution in [0.3, 0.4) is 0 Å². The standard InChI is InChI=1S/C24H25N3O5S/c28-22(16-27-23(29)20-7-3-4-8-21(20)24(27)30)25-11-13-26(14-12-25)33(31,32)19-10-9-17-5-1-2-6-18(17)15-19/h1-6,9-10,15,20-21H,7-8,11-14,16H2/t20-,21+. The second-order valence-corrected chi connectivity index (χ2v) is 10.7. The van der Waals surface area contributed by atoms with E-state index >= 15 is 0 Å². The quantitative estimate of drug-likeness (QED) is 0.503. The highest BCUT2D eigenvalue weighted by molar-refractivity contribution is 7.89. The van der Waals surface area contributed by atoms with E-state index in [4.69, 9.17) is 0 Å². The maximum absolute atomic E-state index is 13.1. The molecule has 3 aliphatic rings. The van der Waals surface area contributed by atoms with E-state index in [-0.39, 0.29) is 67.2 Å². The molecule has 33 heavy (non-hydrogen) atoms. The molecule has 5 rings (SSSR count). The first-order valence-electron chi connectivity index (χ1n) is 11.1. The van der Waals surface area contributed by atoms with E-state index in [1.807, 2.05) is 36.4 Å². The topological polar surface area (TPSA) is 95.1 Å². The molecule has 2 saturated heterocycles. The Balaban J connectivity index is 1.23. The molecule has 0 saturated carbocycles. The number of sulfonamides is 1. The molecule has 2 aromatic rings. The predicted octanol–water partition coefficient (Wildman–Crippen LogP) is 1.62. The van der Waals surface area contributed by atoms with Crippen LogP contribution in [0.4, 0.5) is 0 Å². The molecule has 1 aliphatic carbocycles. The SMILES string of the molecule is O=C(CN1C(=O)[C@H]2CC=CC[C@H]2C1=O)N1CCN(S(=O)(=O)c2ccc3ccccc3c2)CC1. The van der Waals surface area contributed by atoms with Crippen LogP contribution in [0, 0.1) is 11.8 Å². The Morgan fingerprint density at radius 3 is 2.09 bits per heavy atom. The lowest BCUT2D eigenvalue weighted by atomic mass is 9.85. The van der Waals surface area contributed by atoms with Gasteiger partial charge in [-0.15, -0.1) is 0 Å². The van der Waals surface area contributed by atoms with Crippen molar-refractivity contribution in [3.63, 3.8) is 0 Å². The van der Waals surface area contributed by atoms with Crippen molar-refractivity contribution in [2.45, 2.75) is 17.7 Å². The molecular formula is C24H25N3O5S. The molecule has 8 nitrogen and oxygen atoms in total. The van der Waals surface area contributed by atoms with E-state index in [0.717, 1.165) is 15.7 Å². The maximum atomic E-state index is 13.1. The van der Waals surface area contributed by atoms with Crippen molar-refractivity contribution >= 4 is 38.5 Å². The number of rotatable bonds is 4. The first kappa shape index (κ1) is 21.8. The summed E-state index contributed by atoms with van der Waals surface area (Å²) in [5.41, 5.74) is 0. The summed E-state index contributed by atoms with van der Waals surface area (Å²) in [6.07, 6.45) is 4.89. The lowest BCUT2D eigenvalue weighted by Crippen LogP contribution is -2.53. The van der Waals surface area contributed by atoms with Crippen LogP contribution in [-0.2, 0) is 24.4 Å². The monoisotopic (exact) mass is 467 g/mol. The Hall–Kier alpha value is -3.04. The largest absolute Gasteiger partial charge is 0.338 e. The number of piperazine rings is 1. The Kier molecular flexibility index (Phi) is 5.54. The minimum atomic E-state index is -3.69. The molecule has 2 fully saturated rings. The second-order valence-electron chi connectivity index (χ2n) is 8.71. The molecule has 172 valence electrons. The molecule has 2 atom stereocenters. The molecule has 0 N–H and O–H groups in total. The Morgan fingerprint density at radius 1 is 0.848 bits per heavy atom. The summed E-state index contributed by atoms with van der Waals surface area (Å²) in [7, 11) is -3.69. The fourth-order valence-electron chi connectivity index (χ4n) is 4.91. The maximum Gasteiger partial charge on any atom is 0.243 e. The highest BCUT2D eigenvalue weighted by Gasteiger charge is 2.48. The molecule has 2 aliphatic heterocycles. The first-order valence-corrected chi connectivity index (χ1v) is 12.6. The van der Waals surface area contributed by atoms with Crippen LogP contribution in [0.15, 0.2) is 59.5 Å². The van der Waals surface area contributed by atoms with Crippen molar-refractivity contribution in [2.75, 3.05) is 32.7 Å². The Bertz CT molecular complexity index is 1240. The third kappa shape index (κ3) is 3.85. The van der Waals surface area contributed by atoms with Gasteiger partial charge in [0.1, 0.15) is 6.54 Å². The number of carbonyl (C=O) groups excluding carboxylic acids is 3. The van der Waals surface area contributed by atoms with Gasteiger partial charge in [0.2, 0.25) is 27.7 Å². The van der Waals surface area contributed by atoms with Crippen LogP contribution in [0.5, 0.6) is 0 Å². The molecule has 9 heteroatoms. The number of benzene rings is 2. The zero-order valence-electron chi connectivity index (χ0n) is 18.1. The van der Waals surface area contributed by atoms with E-state index < -0.39 is 10.0 Å². The number of likely N-dealkylation sites (tertiary alicyclic amines) is 1. The van der Waals surface area contributed by atoms with E-state index in [2.05, 4.69) is 0 Å². The smallest absolute Gasteiger partial charge is 0.243 e. The first-order chi connectivity index (χ1) is 15.9. The minimum Gasteiger partial charge on any atom is -0.338 e. The average molecular weight is 468 g/mol. The van der Waals surface area contributed by atoms with Crippen molar-refractivity contribution in [2.24, 2.45) is 11.8 Å². The highest BCUT2D eigenvalue weighted by atomic mass is 32.2. The average Bonchev–Trinajstić information content (AvgIpc) is 3.08. The van der Waals surface area contributed by atoms with Gasteiger partial charge in [0.05, 0.1) is 16.7 Å². The summed E-state index contributed by atoms with van der Waals surface area (Å²) in [6.45, 7) is 0.491. The number of hydrogen-bond donors (Lipinski definition) is 0. The van der Waals surface area contributed by atoms with Crippen LogP contribution in [0.25, 0.3) is 10.8 Å². The number of carbonyl (C=O) groups is 3. The van der Waals surface area contributed by atoms with Gasteiger partial charge in [0.15, 0.2) is 0 Å². The Labute approximate surface area is 192 Å². The van der Waals surface area contributed by atoms with Gasteiger partial charge in [-0.3, -0.25) is 19.3 Å². The van der Waals surface area contributed by atoms with Crippen LogP contribution >= 0.6 is 0 Å². The second kappa shape index (κ2) is 8.39. The Morgan fingerprint density at radius 2 is 1.45 bits per heavy atom. The van der Waals surface area contributed by atoms with Crippen molar-refractivity contribution in [1.29, 1.82) is 0 Å². The zero-order chi connectivity index (χ0) is 23.2. The van der Waals surface area contributed by atoms with Gasteiger partial charge < -0.3 is 4.90 Å². The number of allylic oxidation sites excluding steroid dienone is 2. The van der Waals surface area contributed by atoms with Gasteiger partial charge in [-0.2, -0.15) is 4.31 Å². The lowest BCUT2D eigenvalue weighted by molar-refractivity contribution is -0.147. The van der Waals surface area contributed by atoms with Crippen LogP contribution in [0.2, 0.25) is 0 Å². The molecule has 0 spiro atoms. The number of fused-ring (bicyclic) bond motifs is 2. The summed E-state index contributed by atoms with van der Waals surface area (Å²) in [4.78, 5) is 40.9. The van der Waals surface area contributed by atoms with Crippen LogP contribution in [0.1, 0.15) is 12.8 Å². The number of imide groups is 1. The van der Waals surface area contributed by atoms with E-state index in [9.17, 15) is 22.8 Å². The van der Waals surface area contributed by atoms with Gasteiger partial charge in [-0.1, -0.05) is 42.5 Å². The van der Waals surface area contributed by atoms with Gasteiger partial charge in [-0.05, 0) is 35.7 Å². The van der Waals surface area contributed by atoms with E-state index in [0.29, 0.717) is 12.8 Å². The molecule has 0 aromatic heterocycles. The van der Waals surface area contributed by atoms with Crippen LogP contribution < -0.4 is 0 Å². The summed E-state index contributed by atoms with van der Waals surface area (Å²) < 4.78 is 27.7. The number of nitrogens with zero attached hydrogens (tertiary/aromatic N) is 3. The fourth-order valence-corrected chi connectivity index (χ4v) is 6.37. The van der Waals surface area contributed by atoms with Gasteiger partial charge >= 0.3 is 0 Å². The van der Waals surface area contributed by atoms with E-state index in [1.54, 1.807) is 18.2 Å². The summed E-state index contributed by atoms with van der Waals surface area (Å²) in [6, 6.07) is 12.6. The van der Waals surface area contributed by atoms with Crippen molar-refractivity contribution in [1.82, 2.24) is 14.1 Å². The molecule has 3 amide bonds. The lowest BCUT2D eigenvalue weighted by Gasteiger charge is -2.34. The summed E-state index contributed by atoms with van der Waals surface area (Å²) in [5.74, 6) is -1.61. The van der Waals surface area contributed by atoms with Crippen molar-refractivity contribution in [3.8, 4) is 0 Å². The summed E-state index contributed by atoms with van der Waals surface area (Å²) in [5, 5.41) is 1.82. The zero-order valence-corrected chi connectivity index (χ0v) is 18.9. The third-order valence-electron chi connectivity index (χ3n) is 6.84. The third-order valence-corrected chi connectivity index (χ3v) is 8.74. The molecular weight excluding hydrogens is 442 g/mol. The van der Waals surface area contributed by atoms with E-state index in [1.165, 1.54) is 9.21 Å². The number of hydrogen-bond acceptors (Lipinski definition) is 5. The van der Waals surface area contributed by atoms with Crippen molar-refractivity contribution < 1.29 is 22.8 Å². The normalized spacial score (nSPS) is 23.9.